The van der Waals surface area contributed by atoms with E-state index in [9.17, 15) is 0 Å². The van der Waals surface area contributed by atoms with Crippen LogP contribution < -0.4 is 4.78 Å². The monoisotopic (exact) mass is 868 g/mol. The number of unbranched alkanes of at least 4 members (excludes halogenated alkanes) is 2. The first kappa shape index (κ1) is 46.2. The summed E-state index contributed by atoms with van der Waals surface area (Å²) in [5.74, 6) is 12.7. The number of benzene rings is 2. The van der Waals surface area contributed by atoms with Gasteiger partial charge in [0, 0.05) is 60.7 Å². The van der Waals surface area contributed by atoms with Gasteiger partial charge < -0.3 is 9.31 Å². The van der Waals surface area contributed by atoms with Crippen LogP contribution in [0, 0.1) is 23.7 Å². The van der Waals surface area contributed by atoms with Gasteiger partial charge in [0.2, 0.25) is 0 Å². The van der Waals surface area contributed by atoms with Crippen LogP contribution in [0.15, 0.2) is 102 Å². The second-order valence-electron chi connectivity index (χ2n) is 12.4. The van der Waals surface area contributed by atoms with Crippen molar-refractivity contribution in [1.29, 1.82) is 0 Å². The summed E-state index contributed by atoms with van der Waals surface area (Å²) in [7, 11) is 3.00. The van der Waals surface area contributed by atoms with Gasteiger partial charge in [-0.3, -0.25) is 0 Å². The molecule has 6 rings (SSSR count). The number of rotatable bonds is 12. The van der Waals surface area contributed by atoms with Gasteiger partial charge in [0.25, 0.3) is 0 Å². The molecule has 0 saturated heterocycles. The minimum atomic E-state index is -0.267. The van der Waals surface area contributed by atoms with E-state index in [1.807, 2.05) is 34.8 Å². The summed E-state index contributed by atoms with van der Waals surface area (Å²) in [6.45, 7) is 8.74. The maximum absolute atomic E-state index is 5.16. The fraction of sp³-hybridized carbons (Fsp3) is 0.319. The van der Waals surface area contributed by atoms with Crippen molar-refractivity contribution in [3.8, 4) is 55.0 Å². The van der Waals surface area contributed by atoms with Crippen molar-refractivity contribution < 1.29 is 9.31 Å². The fourth-order valence-electron chi connectivity index (χ4n) is 5.23. The highest BCUT2D eigenvalue weighted by molar-refractivity contribution is 9.10. The van der Waals surface area contributed by atoms with Gasteiger partial charge in [-0.1, -0.05) is 130 Å². The van der Waals surface area contributed by atoms with Crippen molar-refractivity contribution in [2.45, 2.75) is 86.5 Å². The molecule has 2 nitrogen and oxygen atoms in total. The third kappa shape index (κ3) is 15.4. The molecule has 4 aromatic heterocycles. The van der Waals surface area contributed by atoms with Crippen LogP contribution in [0.5, 0.6) is 0 Å². The highest BCUT2D eigenvalue weighted by atomic mass is 79.9. The summed E-state index contributed by atoms with van der Waals surface area (Å²) in [4.78, 5) is 9.21. The average molecular weight is 870 g/mol. The third-order valence-corrected chi connectivity index (χ3v) is 13.0. The van der Waals surface area contributed by atoms with E-state index >= 15 is 0 Å². The van der Waals surface area contributed by atoms with E-state index in [-0.39, 0.29) is 14.5 Å². The van der Waals surface area contributed by atoms with Gasteiger partial charge in [-0.15, -0.1) is 45.3 Å². The van der Waals surface area contributed by atoms with Crippen LogP contribution in [-0.4, -0.2) is 21.3 Å². The second kappa shape index (κ2) is 25.9. The van der Waals surface area contributed by atoms with Crippen LogP contribution in [0.4, 0.5) is 0 Å². The summed E-state index contributed by atoms with van der Waals surface area (Å²) in [6.07, 6.45) is 8.95. The standard InChI is InChI=1S/C22H22S2.C13H13BrS.C11H15BO2S.CH4/c1-3-5-6-8-20-14-16-22(24-20)18-11-9-17(10-12-18)21-15-13-19(23-21)7-4-2;1-2-3-12-8-9-13(15-12)10-4-6-11(14)7-5-10;1-4-5-6-7-10-8-9-11(15-10)12(13-2)14-3;/h9-16H,3-5,7H2,1-2H3;4-9H,2-3H2,1H3;8-9H,4-5H2,1-3H3;1H4. The quantitative estimate of drug-likeness (QED) is 0.0901. The topological polar surface area (TPSA) is 18.5 Å². The molecule has 0 bridgehead atoms. The minimum Gasteiger partial charge on any atom is -0.410 e. The van der Waals surface area contributed by atoms with Crippen molar-refractivity contribution in [2.24, 2.45) is 0 Å². The Morgan fingerprint density at radius 2 is 0.927 bits per heavy atom. The lowest BCUT2D eigenvalue weighted by Crippen LogP contribution is -2.32. The fourth-order valence-corrected chi connectivity index (χ4v) is 9.54. The lowest BCUT2D eigenvalue weighted by molar-refractivity contribution is 0.292. The van der Waals surface area contributed by atoms with Gasteiger partial charge in [0.05, 0.1) is 9.75 Å². The summed E-state index contributed by atoms with van der Waals surface area (Å²) >= 11 is 10.7. The van der Waals surface area contributed by atoms with Crippen molar-refractivity contribution in [3.63, 3.8) is 0 Å². The largest absolute Gasteiger partial charge is 0.504 e. The normalized spacial score (nSPS) is 10.0. The summed E-state index contributed by atoms with van der Waals surface area (Å²) in [5, 5.41) is 0. The van der Waals surface area contributed by atoms with E-state index < -0.39 is 0 Å². The molecule has 288 valence electrons. The molecule has 0 N–H and O–H groups in total. The molecular weight excluding hydrogens is 815 g/mol. The highest BCUT2D eigenvalue weighted by Crippen LogP contribution is 2.33. The van der Waals surface area contributed by atoms with Crippen molar-refractivity contribution >= 4 is 73.2 Å². The molecule has 4 heterocycles. The molecule has 0 saturated carbocycles. The Hall–Kier alpha value is -3.18. The zero-order chi connectivity index (χ0) is 38.5. The first-order valence-electron chi connectivity index (χ1n) is 18.7. The van der Waals surface area contributed by atoms with E-state index in [1.165, 1.54) is 66.8 Å². The molecule has 0 fully saturated rings. The Labute approximate surface area is 356 Å². The number of aryl methyl sites for hydroxylation is 2. The van der Waals surface area contributed by atoms with E-state index in [4.69, 9.17) is 9.31 Å². The van der Waals surface area contributed by atoms with Gasteiger partial charge in [0.1, 0.15) is 0 Å². The summed E-state index contributed by atoms with van der Waals surface area (Å²) in [5.41, 5.74) is 3.90. The van der Waals surface area contributed by atoms with Crippen molar-refractivity contribution in [3.05, 3.63) is 121 Å². The lowest BCUT2D eigenvalue weighted by Gasteiger charge is -2.03. The van der Waals surface area contributed by atoms with E-state index in [0.29, 0.717) is 0 Å². The van der Waals surface area contributed by atoms with Gasteiger partial charge in [0.15, 0.2) is 0 Å². The zero-order valence-corrected chi connectivity index (χ0v) is 37.2. The van der Waals surface area contributed by atoms with Crippen molar-refractivity contribution in [2.75, 3.05) is 14.2 Å². The van der Waals surface area contributed by atoms with E-state index in [1.54, 1.807) is 36.9 Å². The van der Waals surface area contributed by atoms with Gasteiger partial charge in [-0.05, 0) is 97.0 Å². The molecule has 6 aromatic rings. The van der Waals surface area contributed by atoms with Gasteiger partial charge in [-0.2, -0.15) is 0 Å². The average Bonchev–Trinajstić information content (AvgIpc) is 4.03. The molecule has 0 unspecified atom stereocenters. The summed E-state index contributed by atoms with van der Waals surface area (Å²) < 4.78 is 12.5. The zero-order valence-electron chi connectivity index (χ0n) is 32.3. The first-order valence-corrected chi connectivity index (χ1v) is 22.7. The number of hydrogen-bond donors (Lipinski definition) is 0. The molecule has 0 atom stereocenters. The molecule has 0 aliphatic heterocycles. The predicted octanol–water partition coefficient (Wildman–Crippen LogP) is 14.9. The summed E-state index contributed by atoms with van der Waals surface area (Å²) in [6, 6.07) is 34.7. The smallest absolute Gasteiger partial charge is 0.410 e. The van der Waals surface area contributed by atoms with Crippen LogP contribution in [0.2, 0.25) is 0 Å². The first-order chi connectivity index (χ1) is 26.4. The molecule has 0 radical (unpaired) electrons. The minimum absolute atomic E-state index is 0. The Kier molecular flexibility index (Phi) is 21.7. The Morgan fingerprint density at radius 1 is 0.509 bits per heavy atom. The SMILES string of the molecule is C.CCCC#Cc1ccc(-c2ccc(-c3ccc(CCC)s3)cc2)s1.CCCC#Cc1ccc(B(OC)OC)s1.CCCc1ccc(-c2ccc(Br)cc2)s1. The van der Waals surface area contributed by atoms with Crippen LogP contribution in [0.3, 0.4) is 0 Å². The molecule has 2 aromatic carbocycles. The Bertz CT molecular complexity index is 2080. The molecule has 0 amide bonds. The van der Waals surface area contributed by atoms with Crippen LogP contribution >= 0.6 is 61.3 Å². The molecular formula is C47H54BBrO2S4. The number of thiophene rings is 4. The molecule has 55 heavy (non-hydrogen) atoms. The second-order valence-corrected chi connectivity index (χ2v) is 17.8. The maximum atomic E-state index is 5.16. The Balaban J connectivity index is 0.000000230. The molecule has 0 aliphatic carbocycles. The lowest BCUT2D eigenvalue weighted by atomic mass is 9.88. The van der Waals surface area contributed by atoms with Crippen LogP contribution in [0.1, 0.15) is 93.2 Å². The molecule has 0 aliphatic rings. The van der Waals surface area contributed by atoms with E-state index in [0.717, 1.165) is 44.7 Å². The van der Waals surface area contributed by atoms with Crippen molar-refractivity contribution in [1.82, 2.24) is 0 Å². The van der Waals surface area contributed by atoms with Crippen LogP contribution in [0.25, 0.3) is 31.3 Å². The van der Waals surface area contributed by atoms with Crippen LogP contribution in [-0.2, 0) is 22.2 Å². The number of hydrogen-bond acceptors (Lipinski definition) is 6. The Morgan fingerprint density at radius 3 is 1.38 bits per heavy atom. The molecule has 8 heteroatoms. The maximum Gasteiger partial charge on any atom is 0.504 e. The van der Waals surface area contributed by atoms with E-state index in [2.05, 4.69) is 152 Å². The third-order valence-electron chi connectivity index (χ3n) is 7.97. The number of halogens is 1. The highest BCUT2D eigenvalue weighted by Gasteiger charge is 2.19. The molecule has 0 spiro atoms. The predicted molar refractivity (Wildman–Crippen MR) is 253 cm³/mol. The van der Waals surface area contributed by atoms with Gasteiger partial charge in [-0.25, -0.2) is 0 Å². The van der Waals surface area contributed by atoms with Gasteiger partial charge >= 0.3 is 7.12 Å².